The van der Waals surface area contributed by atoms with Crippen LogP contribution in [0.15, 0.2) is 63.8 Å². The third-order valence-corrected chi connectivity index (χ3v) is 5.40. The number of methoxy groups -OCH3 is 1. The van der Waals surface area contributed by atoms with Gasteiger partial charge in [-0.2, -0.15) is 0 Å². The number of fused-ring (bicyclic) bond motifs is 1. The molecule has 4 rings (SSSR count). The predicted molar refractivity (Wildman–Crippen MR) is 108 cm³/mol. The van der Waals surface area contributed by atoms with E-state index < -0.39 is 5.63 Å². The summed E-state index contributed by atoms with van der Waals surface area (Å²) in [5, 5.41) is 0.678. The molecule has 1 atom stereocenters. The van der Waals surface area contributed by atoms with Crippen molar-refractivity contribution in [3.63, 3.8) is 0 Å². The highest BCUT2D eigenvalue weighted by Crippen LogP contribution is 2.28. The molecule has 0 aliphatic carbocycles. The molecule has 1 aliphatic heterocycles. The Kier molecular flexibility index (Phi) is 5.15. The van der Waals surface area contributed by atoms with Crippen molar-refractivity contribution in [1.29, 1.82) is 0 Å². The van der Waals surface area contributed by atoms with E-state index in [2.05, 4.69) is 12.1 Å². The molecule has 1 aliphatic rings. The highest BCUT2D eigenvalue weighted by molar-refractivity contribution is 5.97. The third kappa shape index (κ3) is 3.52. The number of ether oxygens (including phenoxy) is 1. The van der Waals surface area contributed by atoms with Crippen molar-refractivity contribution in [3.8, 4) is 5.75 Å². The van der Waals surface area contributed by atoms with Gasteiger partial charge in [0.2, 0.25) is 0 Å². The van der Waals surface area contributed by atoms with E-state index in [0.29, 0.717) is 29.8 Å². The molecule has 144 valence electrons. The summed E-state index contributed by atoms with van der Waals surface area (Å²) < 4.78 is 10.7. The average Bonchev–Trinajstić information content (AvgIpc) is 2.99. The van der Waals surface area contributed by atoms with Crippen LogP contribution in [0.4, 0.5) is 0 Å². The number of nitrogens with zero attached hydrogens (tertiary/aromatic N) is 1. The van der Waals surface area contributed by atoms with Gasteiger partial charge in [-0.3, -0.25) is 4.79 Å². The van der Waals surface area contributed by atoms with Crippen LogP contribution in [0.5, 0.6) is 5.75 Å². The Hall–Kier alpha value is -3.08. The first-order valence-corrected chi connectivity index (χ1v) is 9.62. The van der Waals surface area contributed by atoms with Gasteiger partial charge in [0.25, 0.3) is 5.91 Å². The minimum Gasteiger partial charge on any atom is -0.493 e. The van der Waals surface area contributed by atoms with Gasteiger partial charge in [0, 0.05) is 24.4 Å². The fraction of sp³-hybridized carbons (Fsp3) is 0.304. The summed E-state index contributed by atoms with van der Waals surface area (Å²) in [7, 11) is 1.52. The summed E-state index contributed by atoms with van der Waals surface area (Å²) in [6.45, 7) is 1.26. The zero-order chi connectivity index (χ0) is 19.5. The molecule has 1 saturated heterocycles. The molecule has 2 heterocycles. The van der Waals surface area contributed by atoms with Crippen molar-refractivity contribution in [2.45, 2.75) is 25.2 Å². The molecule has 1 amide bonds. The smallest absolute Gasteiger partial charge is 0.349 e. The van der Waals surface area contributed by atoms with E-state index in [-0.39, 0.29) is 17.4 Å². The number of hydrogen-bond acceptors (Lipinski definition) is 4. The van der Waals surface area contributed by atoms with E-state index in [1.165, 1.54) is 12.7 Å². The standard InChI is InChI=1S/C23H23NO4/c1-27-20-12-7-11-17-14-19(23(26)28-21(17)20)22(25)24-13-6-5-10-18(15-24)16-8-3-2-4-9-16/h2-4,7-9,11-12,14,18H,5-6,10,13,15H2,1H3. The largest absolute Gasteiger partial charge is 0.493 e. The molecule has 1 unspecified atom stereocenters. The van der Waals surface area contributed by atoms with E-state index in [9.17, 15) is 9.59 Å². The molecule has 2 aromatic carbocycles. The number of carbonyl (C=O) groups excluding carboxylic acids is 1. The molecule has 0 spiro atoms. The van der Waals surface area contributed by atoms with Crippen molar-refractivity contribution in [2.75, 3.05) is 20.2 Å². The fourth-order valence-electron chi connectivity index (χ4n) is 3.92. The zero-order valence-corrected chi connectivity index (χ0v) is 15.9. The fourth-order valence-corrected chi connectivity index (χ4v) is 3.92. The van der Waals surface area contributed by atoms with Gasteiger partial charge in [-0.05, 0) is 30.5 Å². The number of amides is 1. The van der Waals surface area contributed by atoms with Gasteiger partial charge >= 0.3 is 5.63 Å². The van der Waals surface area contributed by atoms with Crippen molar-refractivity contribution in [2.24, 2.45) is 0 Å². The second-order valence-corrected chi connectivity index (χ2v) is 7.18. The van der Waals surface area contributed by atoms with Crippen LogP contribution in [0.1, 0.15) is 41.1 Å². The van der Waals surface area contributed by atoms with Crippen molar-refractivity contribution >= 4 is 16.9 Å². The summed E-state index contributed by atoms with van der Waals surface area (Å²) in [6, 6.07) is 17.2. The summed E-state index contributed by atoms with van der Waals surface area (Å²) in [4.78, 5) is 27.5. The Morgan fingerprint density at radius 3 is 2.71 bits per heavy atom. The minimum absolute atomic E-state index is 0.0782. The maximum absolute atomic E-state index is 13.2. The van der Waals surface area contributed by atoms with Gasteiger partial charge in [0.05, 0.1) is 7.11 Å². The highest BCUT2D eigenvalue weighted by atomic mass is 16.5. The van der Waals surface area contributed by atoms with E-state index in [4.69, 9.17) is 9.15 Å². The van der Waals surface area contributed by atoms with Crippen LogP contribution in [0.2, 0.25) is 0 Å². The predicted octanol–water partition coefficient (Wildman–Crippen LogP) is 4.21. The molecule has 0 radical (unpaired) electrons. The van der Waals surface area contributed by atoms with E-state index in [1.54, 1.807) is 17.0 Å². The van der Waals surface area contributed by atoms with Crippen LogP contribution < -0.4 is 10.4 Å². The topological polar surface area (TPSA) is 59.8 Å². The number of carbonyl (C=O) groups is 1. The molecule has 0 saturated carbocycles. The third-order valence-electron chi connectivity index (χ3n) is 5.40. The Bertz CT molecular complexity index is 1040. The molecule has 28 heavy (non-hydrogen) atoms. The number of benzene rings is 2. The first-order chi connectivity index (χ1) is 13.7. The second kappa shape index (κ2) is 7.89. The molecule has 0 N–H and O–H groups in total. The molecule has 1 fully saturated rings. The lowest BCUT2D eigenvalue weighted by molar-refractivity contribution is 0.0750. The molecule has 3 aromatic rings. The van der Waals surface area contributed by atoms with Gasteiger partial charge in [-0.15, -0.1) is 0 Å². The Morgan fingerprint density at radius 1 is 1.11 bits per heavy atom. The molecule has 0 bridgehead atoms. The number of likely N-dealkylation sites (tertiary alicyclic amines) is 1. The minimum atomic E-state index is -0.623. The van der Waals surface area contributed by atoms with Gasteiger partial charge in [-0.1, -0.05) is 48.9 Å². The van der Waals surface area contributed by atoms with Crippen molar-refractivity contribution in [1.82, 2.24) is 4.90 Å². The first-order valence-electron chi connectivity index (χ1n) is 9.62. The Labute approximate surface area is 163 Å². The van der Waals surface area contributed by atoms with Gasteiger partial charge < -0.3 is 14.1 Å². The molecule has 5 heteroatoms. The number of rotatable bonds is 3. The lowest BCUT2D eigenvalue weighted by Gasteiger charge is -2.24. The van der Waals surface area contributed by atoms with Gasteiger partial charge in [0.1, 0.15) is 5.56 Å². The van der Waals surface area contributed by atoms with Crippen LogP contribution in [0, 0.1) is 0 Å². The molecular weight excluding hydrogens is 354 g/mol. The monoisotopic (exact) mass is 377 g/mol. The van der Waals surface area contributed by atoms with Crippen LogP contribution >= 0.6 is 0 Å². The summed E-state index contributed by atoms with van der Waals surface area (Å²) in [5.41, 5.74) is 1.05. The van der Waals surface area contributed by atoms with E-state index in [0.717, 1.165) is 19.3 Å². The molecule has 5 nitrogen and oxygen atoms in total. The van der Waals surface area contributed by atoms with Crippen LogP contribution in [-0.2, 0) is 0 Å². The number of hydrogen-bond donors (Lipinski definition) is 0. The van der Waals surface area contributed by atoms with Crippen LogP contribution in [0.3, 0.4) is 0 Å². The summed E-state index contributed by atoms with van der Waals surface area (Å²) in [5.74, 6) is 0.494. The number of para-hydroxylation sites is 1. The molecule has 1 aromatic heterocycles. The maximum atomic E-state index is 13.2. The van der Waals surface area contributed by atoms with E-state index >= 15 is 0 Å². The van der Waals surface area contributed by atoms with Gasteiger partial charge in [-0.25, -0.2) is 4.79 Å². The van der Waals surface area contributed by atoms with Crippen molar-refractivity contribution < 1.29 is 13.9 Å². The summed E-state index contributed by atoms with van der Waals surface area (Å²) >= 11 is 0. The first kappa shape index (κ1) is 18.3. The lowest BCUT2D eigenvalue weighted by Crippen LogP contribution is -2.36. The quantitative estimate of drug-likeness (QED) is 0.642. The Morgan fingerprint density at radius 2 is 1.93 bits per heavy atom. The van der Waals surface area contributed by atoms with Gasteiger partial charge in [0.15, 0.2) is 11.3 Å². The van der Waals surface area contributed by atoms with Crippen LogP contribution in [0.25, 0.3) is 11.0 Å². The zero-order valence-electron chi connectivity index (χ0n) is 15.9. The maximum Gasteiger partial charge on any atom is 0.349 e. The molecular formula is C23H23NO4. The highest BCUT2D eigenvalue weighted by Gasteiger charge is 2.26. The SMILES string of the molecule is COc1cccc2cc(C(=O)N3CCCCC(c4ccccc4)C3)c(=O)oc12. The summed E-state index contributed by atoms with van der Waals surface area (Å²) in [6.07, 6.45) is 3.03. The van der Waals surface area contributed by atoms with Crippen molar-refractivity contribution in [3.05, 3.63) is 76.1 Å². The van der Waals surface area contributed by atoms with E-state index in [1.807, 2.05) is 30.3 Å². The second-order valence-electron chi connectivity index (χ2n) is 7.18. The van der Waals surface area contributed by atoms with Crippen LogP contribution in [-0.4, -0.2) is 31.0 Å². The Balaban J connectivity index is 1.66. The average molecular weight is 377 g/mol. The normalized spacial score (nSPS) is 17.3. The lowest BCUT2D eigenvalue weighted by atomic mass is 9.94.